The summed E-state index contributed by atoms with van der Waals surface area (Å²) in [6.45, 7) is 7.44. The first-order valence-corrected chi connectivity index (χ1v) is 7.44. The molecule has 2 aromatic rings. The molecule has 2 aromatic heterocycles. The van der Waals surface area contributed by atoms with Gasteiger partial charge in [0.15, 0.2) is 0 Å². The van der Waals surface area contributed by atoms with Crippen molar-refractivity contribution in [2.24, 2.45) is 7.05 Å². The van der Waals surface area contributed by atoms with E-state index in [2.05, 4.69) is 47.0 Å². The molecule has 0 radical (unpaired) electrons. The van der Waals surface area contributed by atoms with E-state index in [1.807, 2.05) is 17.9 Å². The van der Waals surface area contributed by atoms with Crippen LogP contribution in [0.5, 0.6) is 0 Å². The zero-order valence-corrected chi connectivity index (χ0v) is 12.7. The molecule has 0 aliphatic carbocycles. The van der Waals surface area contributed by atoms with E-state index in [-0.39, 0.29) is 6.04 Å². The molecule has 0 saturated heterocycles. The molecule has 0 aliphatic rings. The van der Waals surface area contributed by atoms with Crippen molar-refractivity contribution >= 4 is 11.5 Å². The van der Waals surface area contributed by atoms with Crippen LogP contribution in [-0.4, -0.2) is 25.9 Å². The Hall–Kier alpha value is -1.27. The van der Waals surface area contributed by atoms with Crippen molar-refractivity contribution in [2.45, 2.75) is 39.2 Å². The maximum atomic E-state index is 4.28. The summed E-state index contributed by atoms with van der Waals surface area (Å²) >= 11 is 1.48. The quantitative estimate of drug-likeness (QED) is 0.882. The molecular weight excluding hydrogens is 258 g/mol. The van der Waals surface area contributed by atoms with E-state index in [1.165, 1.54) is 22.0 Å². The molecule has 104 valence electrons. The second-order valence-electron chi connectivity index (χ2n) is 5.01. The highest BCUT2D eigenvalue weighted by molar-refractivity contribution is 7.05. The molecule has 0 aliphatic heterocycles. The number of nitrogens with one attached hydrogen (secondary N) is 1. The van der Waals surface area contributed by atoms with Gasteiger partial charge >= 0.3 is 0 Å². The fourth-order valence-electron chi connectivity index (χ4n) is 2.04. The van der Waals surface area contributed by atoms with Gasteiger partial charge in [-0.05, 0) is 30.4 Å². The third-order valence-corrected chi connectivity index (χ3v) is 3.81. The average molecular weight is 279 g/mol. The molecule has 0 spiro atoms. The monoisotopic (exact) mass is 279 g/mol. The molecule has 5 nitrogen and oxygen atoms in total. The summed E-state index contributed by atoms with van der Waals surface area (Å²) in [6, 6.07) is 0.144. The lowest BCUT2D eigenvalue weighted by Gasteiger charge is -2.17. The lowest BCUT2D eigenvalue weighted by atomic mass is 10.0. The molecular formula is C13H21N5S. The van der Waals surface area contributed by atoms with Crippen molar-refractivity contribution in [3.05, 3.63) is 28.5 Å². The summed E-state index contributed by atoms with van der Waals surface area (Å²) in [4.78, 5) is 1.21. The topological polar surface area (TPSA) is 55.6 Å². The predicted molar refractivity (Wildman–Crippen MR) is 77.3 cm³/mol. The van der Waals surface area contributed by atoms with Gasteiger partial charge < -0.3 is 5.32 Å². The van der Waals surface area contributed by atoms with Gasteiger partial charge in [0.25, 0.3) is 0 Å². The minimum atomic E-state index is 0.144. The van der Waals surface area contributed by atoms with Crippen LogP contribution in [0.3, 0.4) is 0 Å². The fourth-order valence-corrected chi connectivity index (χ4v) is 2.96. The van der Waals surface area contributed by atoms with E-state index < -0.39 is 0 Å². The summed E-state index contributed by atoms with van der Waals surface area (Å²) in [7, 11) is 1.94. The van der Waals surface area contributed by atoms with Crippen molar-refractivity contribution in [2.75, 3.05) is 6.54 Å². The fraction of sp³-hybridized carbons (Fsp3) is 0.615. The number of aromatic nitrogens is 4. The smallest absolute Gasteiger partial charge is 0.0832 e. The van der Waals surface area contributed by atoms with E-state index >= 15 is 0 Å². The molecule has 0 bridgehead atoms. The Morgan fingerprint density at radius 3 is 2.79 bits per heavy atom. The Morgan fingerprint density at radius 2 is 2.21 bits per heavy atom. The number of rotatable bonds is 6. The van der Waals surface area contributed by atoms with Crippen LogP contribution in [0, 0.1) is 0 Å². The molecule has 0 amide bonds. The average Bonchev–Trinajstić information content (AvgIpc) is 2.99. The molecule has 1 atom stereocenters. The van der Waals surface area contributed by atoms with Crippen LogP contribution in [-0.2, 0) is 7.05 Å². The third kappa shape index (κ3) is 3.19. The normalized spacial score (nSPS) is 13.1. The van der Waals surface area contributed by atoms with Crippen LogP contribution in [0.4, 0.5) is 0 Å². The van der Waals surface area contributed by atoms with Crippen molar-refractivity contribution in [1.82, 2.24) is 24.7 Å². The van der Waals surface area contributed by atoms with Crippen molar-refractivity contribution in [1.29, 1.82) is 0 Å². The summed E-state index contributed by atoms with van der Waals surface area (Å²) in [5.41, 5.74) is 2.26. The van der Waals surface area contributed by atoms with Gasteiger partial charge in [0.05, 0.1) is 22.8 Å². The molecule has 0 saturated carbocycles. The lowest BCUT2D eigenvalue weighted by Crippen LogP contribution is -2.23. The lowest BCUT2D eigenvalue weighted by molar-refractivity contribution is 0.595. The molecule has 2 heterocycles. The number of nitrogens with zero attached hydrogens (tertiary/aromatic N) is 4. The molecule has 2 rings (SSSR count). The van der Waals surface area contributed by atoms with Gasteiger partial charge in [0.1, 0.15) is 0 Å². The first kappa shape index (κ1) is 14.1. The highest BCUT2D eigenvalue weighted by Crippen LogP contribution is 2.30. The predicted octanol–water partition coefficient (Wildman–Crippen LogP) is 2.48. The van der Waals surface area contributed by atoms with Gasteiger partial charge in [-0.15, -0.1) is 5.10 Å². The van der Waals surface area contributed by atoms with E-state index in [4.69, 9.17) is 0 Å². The zero-order valence-electron chi connectivity index (χ0n) is 11.9. The number of hydrogen-bond acceptors (Lipinski definition) is 5. The molecule has 6 heteroatoms. The molecule has 19 heavy (non-hydrogen) atoms. The Labute approximate surface area is 118 Å². The maximum absolute atomic E-state index is 4.28. The van der Waals surface area contributed by atoms with Gasteiger partial charge in [-0.25, -0.2) is 0 Å². The van der Waals surface area contributed by atoms with E-state index in [0.717, 1.165) is 18.7 Å². The zero-order chi connectivity index (χ0) is 13.8. The third-order valence-electron chi connectivity index (χ3n) is 3.01. The number of aryl methyl sites for hydroxylation is 1. The Bertz CT molecular complexity index is 517. The first-order valence-electron chi connectivity index (χ1n) is 6.67. The summed E-state index contributed by atoms with van der Waals surface area (Å²) in [6.07, 6.45) is 5.06. The molecule has 0 aromatic carbocycles. The van der Waals surface area contributed by atoms with E-state index in [0.29, 0.717) is 5.92 Å². The van der Waals surface area contributed by atoms with Gasteiger partial charge in [-0.3, -0.25) is 4.68 Å². The molecule has 0 fully saturated rings. The van der Waals surface area contributed by atoms with Crippen molar-refractivity contribution in [3.63, 3.8) is 0 Å². The van der Waals surface area contributed by atoms with Crippen LogP contribution in [0.15, 0.2) is 12.4 Å². The van der Waals surface area contributed by atoms with Crippen LogP contribution >= 0.6 is 11.5 Å². The Morgan fingerprint density at radius 1 is 1.42 bits per heavy atom. The Balaban J connectivity index is 2.34. The second-order valence-corrected chi connectivity index (χ2v) is 5.80. The van der Waals surface area contributed by atoms with Crippen LogP contribution in [0.2, 0.25) is 0 Å². The van der Waals surface area contributed by atoms with E-state index in [9.17, 15) is 0 Å². The first-order chi connectivity index (χ1) is 9.13. The Kier molecular flexibility index (Phi) is 4.66. The van der Waals surface area contributed by atoms with Crippen molar-refractivity contribution in [3.8, 4) is 0 Å². The summed E-state index contributed by atoms with van der Waals surface area (Å²) in [5.74, 6) is 0.386. The summed E-state index contributed by atoms with van der Waals surface area (Å²) < 4.78 is 5.96. The minimum absolute atomic E-state index is 0.144. The SMILES string of the molecule is CCCNC(c1cnn(C)c1)c1snnc1C(C)C. The highest BCUT2D eigenvalue weighted by atomic mass is 32.1. The second kappa shape index (κ2) is 6.25. The van der Waals surface area contributed by atoms with E-state index in [1.54, 1.807) is 0 Å². The largest absolute Gasteiger partial charge is 0.305 e. The van der Waals surface area contributed by atoms with Gasteiger partial charge in [0.2, 0.25) is 0 Å². The van der Waals surface area contributed by atoms with Gasteiger partial charge in [-0.1, -0.05) is 25.3 Å². The molecule has 1 unspecified atom stereocenters. The summed E-state index contributed by atoms with van der Waals surface area (Å²) in [5, 5.41) is 12.1. The van der Waals surface area contributed by atoms with Crippen LogP contribution < -0.4 is 5.32 Å². The van der Waals surface area contributed by atoms with Gasteiger partial charge in [-0.2, -0.15) is 5.10 Å². The number of hydrogen-bond donors (Lipinski definition) is 1. The minimum Gasteiger partial charge on any atom is -0.305 e. The molecule has 1 N–H and O–H groups in total. The van der Waals surface area contributed by atoms with Crippen molar-refractivity contribution < 1.29 is 0 Å². The van der Waals surface area contributed by atoms with Crippen LogP contribution in [0.25, 0.3) is 0 Å². The van der Waals surface area contributed by atoms with Crippen LogP contribution in [0.1, 0.15) is 55.3 Å². The maximum Gasteiger partial charge on any atom is 0.0832 e. The highest BCUT2D eigenvalue weighted by Gasteiger charge is 2.23. The standard InChI is InChI=1S/C13H21N5S/c1-5-6-14-12(10-7-15-18(4)8-10)13-11(9(2)3)16-17-19-13/h7-9,12,14H,5-6H2,1-4H3. The van der Waals surface area contributed by atoms with Gasteiger partial charge in [0, 0.05) is 18.8 Å².